The highest BCUT2D eigenvalue weighted by Crippen LogP contribution is 2.09. The molecule has 0 atom stereocenters. The first kappa shape index (κ1) is 15.8. The van der Waals surface area contributed by atoms with Crippen LogP contribution in [0.3, 0.4) is 0 Å². The lowest BCUT2D eigenvalue weighted by Gasteiger charge is -2.28. The van der Waals surface area contributed by atoms with Crippen LogP contribution < -0.4 is 5.32 Å². The quantitative estimate of drug-likeness (QED) is 0.840. The van der Waals surface area contributed by atoms with Crippen molar-refractivity contribution in [2.24, 2.45) is 0 Å². The van der Waals surface area contributed by atoms with E-state index in [4.69, 9.17) is 0 Å². The topological polar surface area (TPSA) is 15.3 Å². The van der Waals surface area contributed by atoms with Gasteiger partial charge in [0.15, 0.2) is 0 Å². The molecule has 3 rings (SSSR count). The maximum Gasteiger partial charge on any atom is 0.0378 e. The van der Waals surface area contributed by atoms with Gasteiger partial charge in [-0.25, -0.2) is 0 Å². The molecule has 0 fully saturated rings. The number of nitrogens with one attached hydrogen (secondary N) is 1. The summed E-state index contributed by atoms with van der Waals surface area (Å²) in [6.07, 6.45) is 5.74. The summed E-state index contributed by atoms with van der Waals surface area (Å²) in [5.74, 6) is 0. The van der Waals surface area contributed by atoms with Crippen LogP contribution >= 0.6 is 0 Å². The Kier molecular flexibility index (Phi) is 5.87. The first-order chi connectivity index (χ1) is 11.4. The molecule has 2 nitrogen and oxygen atoms in total. The molecule has 2 aromatic carbocycles. The van der Waals surface area contributed by atoms with E-state index in [0.29, 0.717) is 0 Å². The van der Waals surface area contributed by atoms with Gasteiger partial charge in [0.25, 0.3) is 0 Å². The molecule has 1 N–H and O–H groups in total. The highest BCUT2D eigenvalue weighted by Gasteiger charge is 2.12. The van der Waals surface area contributed by atoms with Gasteiger partial charge in [-0.3, -0.25) is 4.90 Å². The lowest BCUT2D eigenvalue weighted by atomic mass is 10.1. The van der Waals surface area contributed by atoms with Crippen molar-refractivity contribution in [1.82, 2.24) is 10.2 Å². The van der Waals surface area contributed by atoms with Gasteiger partial charge in [-0.2, -0.15) is 0 Å². The van der Waals surface area contributed by atoms with Crippen LogP contribution in [0.5, 0.6) is 0 Å². The standard InChI is InChI=1S/C21H26N2/c1-3-8-19(9-4-1)13-15-22-21-12-7-16-23(18-21)17-14-20-10-5-2-6-11-20/h1-6,8-12,22H,7,13-18H2. The van der Waals surface area contributed by atoms with E-state index < -0.39 is 0 Å². The van der Waals surface area contributed by atoms with Crippen molar-refractivity contribution in [1.29, 1.82) is 0 Å². The Balaban J connectivity index is 1.40. The fourth-order valence-corrected chi connectivity index (χ4v) is 3.07. The molecule has 120 valence electrons. The SMILES string of the molecule is C1=C(NCCc2ccccc2)CN(CCc2ccccc2)CC1. The Morgan fingerprint density at radius 2 is 1.48 bits per heavy atom. The highest BCUT2D eigenvalue weighted by molar-refractivity contribution is 5.16. The lowest BCUT2D eigenvalue weighted by molar-refractivity contribution is 0.287. The zero-order valence-electron chi connectivity index (χ0n) is 13.7. The molecule has 1 aliphatic heterocycles. The van der Waals surface area contributed by atoms with Crippen LogP contribution in [0.4, 0.5) is 0 Å². The van der Waals surface area contributed by atoms with E-state index in [2.05, 4.69) is 77.0 Å². The molecular weight excluding hydrogens is 280 g/mol. The molecule has 0 saturated heterocycles. The molecule has 1 aliphatic rings. The normalized spacial score (nSPS) is 15.2. The predicted molar refractivity (Wildman–Crippen MR) is 97.4 cm³/mol. The molecule has 1 heterocycles. The van der Waals surface area contributed by atoms with Crippen LogP contribution in [-0.2, 0) is 12.8 Å². The maximum absolute atomic E-state index is 3.62. The number of benzene rings is 2. The van der Waals surface area contributed by atoms with E-state index in [0.717, 1.165) is 38.9 Å². The van der Waals surface area contributed by atoms with E-state index in [9.17, 15) is 0 Å². The molecule has 23 heavy (non-hydrogen) atoms. The molecule has 0 saturated carbocycles. The zero-order valence-corrected chi connectivity index (χ0v) is 13.7. The second-order valence-electron chi connectivity index (χ2n) is 6.19. The number of nitrogens with zero attached hydrogens (tertiary/aromatic N) is 1. The van der Waals surface area contributed by atoms with Gasteiger partial charge in [-0.1, -0.05) is 66.7 Å². The highest BCUT2D eigenvalue weighted by atomic mass is 15.1. The van der Waals surface area contributed by atoms with Crippen molar-refractivity contribution in [3.05, 3.63) is 83.6 Å². The van der Waals surface area contributed by atoms with Gasteiger partial charge in [0, 0.05) is 31.9 Å². The Bertz CT molecular complexity index is 604. The third-order valence-electron chi connectivity index (χ3n) is 4.40. The van der Waals surface area contributed by atoms with E-state index >= 15 is 0 Å². The van der Waals surface area contributed by atoms with Crippen molar-refractivity contribution in [3.63, 3.8) is 0 Å². The summed E-state index contributed by atoms with van der Waals surface area (Å²) < 4.78 is 0. The molecule has 0 amide bonds. The summed E-state index contributed by atoms with van der Waals surface area (Å²) in [4.78, 5) is 2.55. The van der Waals surface area contributed by atoms with Gasteiger partial charge in [0.05, 0.1) is 0 Å². The van der Waals surface area contributed by atoms with Crippen LogP contribution in [0.15, 0.2) is 72.4 Å². The van der Waals surface area contributed by atoms with Crippen molar-refractivity contribution in [2.75, 3.05) is 26.2 Å². The monoisotopic (exact) mass is 306 g/mol. The van der Waals surface area contributed by atoms with Gasteiger partial charge in [-0.15, -0.1) is 0 Å². The fraction of sp³-hybridized carbons (Fsp3) is 0.333. The maximum atomic E-state index is 3.62. The third-order valence-corrected chi connectivity index (χ3v) is 4.40. The van der Waals surface area contributed by atoms with Crippen molar-refractivity contribution in [2.45, 2.75) is 19.3 Å². The first-order valence-electron chi connectivity index (χ1n) is 8.63. The second-order valence-corrected chi connectivity index (χ2v) is 6.19. The Morgan fingerprint density at radius 3 is 2.17 bits per heavy atom. The van der Waals surface area contributed by atoms with Crippen molar-refractivity contribution >= 4 is 0 Å². The van der Waals surface area contributed by atoms with Crippen molar-refractivity contribution in [3.8, 4) is 0 Å². The first-order valence-corrected chi connectivity index (χ1v) is 8.63. The average molecular weight is 306 g/mol. The van der Waals surface area contributed by atoms with Crippen LogP contribution in [0.2, 0.25) is 0 Å². The van der Waals surface area contributed by atoms with Gasteiger partial charge < -0.3 is 5.32 Å². The summed E-state index contributed by atoms with van der Waals surface area (Å²) in [7, 11) is 0. The minimum Gasteiger partial charge on any atom is -0.387 e. The van der Waals surface area contributed by atoms with E-state index in [1.54, 1.807) is 0 Å². The smallest absolute Gasteiger partial charge is 0.0378 e. The van der Waals surface area contributed by atoms with Gasteiger partial charge in [0.2, 0.25) is 0 Å². The number of hydrogen-bond donors (Lipinski definition) is 1. The Labute approximate surface area is 139 Å². The molecule has 2 aromatic rings. The van der Waals surface area contributed by atoms with Gasteiger partial charge >= 0.3 is 0 Å². The van der Waals surface area contributed by atoms with Crippen LogP contribution in [0.1, 0.15) is 17.5 Å². The summed E-state index contributed by atoms with van der Waals surface area (Å²) >= 11 is 0. The molecular formula is C21H26N2. The summed E-state index contributed by atoms with van der Waals surface area (Å²) in [5.41, 5.74) is 4.22. The number of hydrogen-bond acceptors (Lipinski definition) is 2. The third kappa shape index (κ3) is 5.26. The van der Waals surface area contributed by atoms with E-state index in [-0.39, 0.29) is 0 Å². The molecule has 0 unspecified atom stereocenters. The molecule has 0 aromatic heterocycles. The molecule has 0 spiro atoms. The largest absolute Gasteiger partial charge is 0.387 e. The number of rotatable bonds is 7. The van der Waals surface area contributed by atoms with Gasteiger partial charge in [0.1, 0.15) is 0 Å². The lowest BCUT2D eigenvalue weighted by Crippen LogP contribution is -2.36. The zero-order chi connectivity index (χ0) is 15.7. The molecule has 0 aliphatic carbocycles. The molecule has 2 heteroatoms. The molecule has 0 bridgehead atoms. The second kappa shape index (κ2) is 8.54. The average Bonchev–Trinajstić information content (AvgIpc) is 2.62. The van der Waals surface area contributed by atoms with Crippen LogP contribution in [-0.4, -0.2) is 31.1 Å². The van der Waals surface area contributed by atoms with Crippen LogP contribution in [0.25, 0.3) is 0 Å². The van der Waals surface area contributed by atoms with Crippen molar-refractivity contribution < 1.29 is 0 Å². The predicted octanol–water partition coefficient (Wildman–Crippen LogP) is 3.65. The Hall–Kier alpha value is -2.06. The van der Waals surface area contributed by atoms with Crippen LogP contribution in [0, 0.1) is 0 Å². The summed E-state index contributed by atoms with van der Waals surface area (Å²) in [6.45, 7) is 4.39. The minimum absolute atomic E-state index is 1.02. The van der Waals surface area contributed by atoms with Gasteiger partial charge in [-0.05, 0) is 30.4 Å². The summed E-state index contributed by atoms with van der Waals surface area (Å²) in [5, 5.41) is 3.62. The minimum atomic E-state index is 1.02. The summed E-state index contributed by atoms with van der Waals surface area (Å²) in [6, 6.07) is 21.5. The Morgan fingerprint density at radius 1 is 0.826 bits per heavy atom. The van der Waals surface area contributed by atoms with E-state index in [1.165, 1.54) is 23.4 Å². The fourth-order valence-electron chi connectivity index (χ4n) is 3.07. The van der Waals surface area contributed by atoms with E-state index in [1.807, 2.05) is 0 Å². The molecule has 0 radical (unpaired) electrons.